The number of hydrogen-bond donors (Lipinski definition) is 8. The van der Waals surface area contributed by atoms with E-state index in [0.717, 1.165) is 0 Å². The van der Waals surface area contributed by atoms with E-state index in [0.29, 0.717) is 12.1 Å². The summed E-state index contributed by atoms with van der Waals surface area (Å²) >= 11 is 0. The lowest BCUT2D eigenvalue weighted by Gasteiger charge is -2.24. The van der Waals surface area contributed by atoms with Crippen LogP contribution in [-0.2, 0) is 25.6 Å². The van der Waals surface area contributed by atoms with E-state index in [1.807, 2.05) is 0 Å². The Balaban J connectivity index is 2.96. The van der Waals surface area contributed by atoms with Gasteiger partial charge in [0, 0.05) is 24.9 Å². The predicted molar refractivity (Wildman–Crippen MR) is 115 cm³/mol. The highest BCUT2D eigenvalue weighted by Gasteiger charge is 2.29. The summed E-state index contributed by atoms with van der Waals surface area (Å²) in [5.74, 6) is -3.26. The molecule has 1 aromatic rings. The highest BCUT2D eigenvalue weighted by molar-refractivity contribution is 5.94. The first-order valence-electron chi connectivity index (χ1n) is 9.93. The van der Waals surface area contributed by atoms with Crippen LogP contribution >= 0.6 is 0 Å². The van der Waals surface area contributed by atoms with E-state index >= 15 is 0 Å². The van der Waals surface area contributed by atoms with Crippen LogP contribution in [0.15, 0.2) is 17.5 Å². The molecule has 0 radical (unpaired) electrons. The number of aliphatic imine (C=N–C) groups is 1. The summed E-state index contributed by atoms with van der Waals surface area (Å²) in [5, 5.41) is 16.4. The number of carbonyl (C=O) groups excluding carboxylic acids is 3. The third-order valence-electron chi connectivity index (χ3n) is 4.33. The van der Waals surface area contributed by atoms with Crippen LogP contribution in [-0.4, -0.2) is 75.4 Å². The maximum absolute atomic E-state index is 12.9. The van der Waals surface area contributed by atoms with Gasteiger partial charge in [0.15, 0.2) is 5.96 Å². The first-order valence-corrected chi connectivity index (χ1v) is 9.93. The van der Waals surface area contributed by atoms with Gasteiger partial charge in [0.25, 0.3) is 0 Å². The van der Waals surface area contributed by atoms with Gasteiger partial charge < -0.3 is 43.2 Å². The second kappa shape index (κ2) is 12.9. The predicted octanol–water partition coefficient (Wildman–Crippen LogP) is -3.09. The summed E-state index contributed by atoms with van der Waals surface area (Å²) in [6.07, 6.45) is 3.43. The summed E-state index contributed by atoms with van der Waals surface area (Å²) in [5.41, 5.74) is 16.7. The number of carboxylic acids is 1. The average Bonchev–Trinajstić information content (AvgIpc) is 3.22. The lowest BCUT2D eigenvalue weighted by atomic mass is 10.1. The highest BCUT2D eigenvalue weighted by atomic mass is 16.4. The molecule has 1 rings (SSSR count). The van der Waals surface area contributed by atoms with Gasteiger partial charge in [-0.1, -0.05) is 0 Å². The number of guanidine groups is 1. The summed E-state index contributed by atoms with van der Waals surface area (Å²) in [7, 11) is 0. The van der Waals surface area contributed by atoms with E-state index in [4.69, 9.17) is 22.3 Å². The first-order chi connectivity index (χ1) is 15.0. The molecule has 1 aromatic heterocycles. The van der Waals surface area contributed by atoms with Crippen molar-refractivity contribution in [1.82, 2.24) is 25.9 Å². The van der Waals surface area contributed by atoms with Crippen molar-refractivity contribution >= 4 is 29.7 Å². The zero-order valence-electron chi connectivity index (χ0n) is 18.0. The molecule has 0 bridgehead atoms. The quantitative estimate of drug-likeness (QED) is 0.0855. The number of nitrogens with one attached hydrogen (secondary N) is 4. The number of aromatic amines is 1. The van der Waals surface area contributed by atoms with Gasteiger partial charge in [-0.05, 0) is 26.7 Å². The summed E-state index contributed by atoms with van der Waals surface area (Å²) in [6, 6.07) is -4.17. The Labute approximate surface area is 184 Å². The molecule has 1 heterocycles. The SMILES string of the molecule is CC(N)C(=O)NC(Cc1cnc[nH]1)C(=O)NC(CCCN=C(N)N)C(=O)NC(C)C(=O)O. The maximum atomic E-state index is 12.9. The zero-order chi connectivity index (χ0) is 24.3. The van der Waals surface area contributed by atoms with Gasteiger partial charge in [0.1, 0.15) is 18.1 Å². The summed E-state index contributed by atoms with van der Waals surface area (Å²) in [4.78, 5) is 59.2. The van der Waals surface area contributed by atoms with Crippen molar-refractivity contribution in [2.75, 3.05) is 6.54 Å². The fourth-order valence-corrected chi connectivity index (χ4v) is 2.55. The average molecular weight is 454 g/mol. The van der Waals surface area contributed by atoms with Crippen LogP contribution in [0.2, 0.25) is 0 Å². The molecule has 32 heavy (non-hydrogen) atoms. The topological polar surface area (TPSA) is 244 Å². The van der Waals surface area contributed by atoms with Crippen molar-refractivity contribution < 1.29 is 24.3 Å². The van der Waals surface area contributed by atoms with E-state index in [2.05, 4.69) is 30.9 Å². The van der Waals surface area contributed by atoms with Gasteiger partial charge in [-0.25, -0.2) is 4.98 Å². The minimum Gasteiger partial charge on any atom is -0.480 e. The van der Waals surface area contributed by atoms with Gasteiger partial charge in [0.2, 0.25) is 17.7 Å². The van der Waals surface area contributed by atoms with Crippen LogP contribution in [0.25, 0.3) is 0 Å². The number of amides is 3. The largest absolute Gasteiger partial charge is 0.480 e. The second-order valence-corrected chi connectivity index (χ2v) is 7.21. The number of nitrogens with two attached hydrogens (primary N) is 3. The first kappa shape index (κ1) is 26.4. The number of hydrogen-bond acceptors (Lipinski definition) is 7. The van der Waals surface area contributed by atoms with Crippen LogP contribution in [0.1, 0.15) is 32.4 Å². The Hall–Kier alpha value is -3.68. The number of rotatable bonds is 13. The molecule has 14 nitrogen and oxygen atoms in total. The third-order valence-corrected chi connectivity index (χ3v) is 4.33. The second-order valence-electron chi connectivity index (χ2n) is 7.21. The van der Waals surface area contributed by atoms with Crippen LogP contribution < -0.4 is 33.2 Å². The van der Waals surface area contributed by atoms with E-state index in [1.165, 1.54) is 26.4 Å². The minimum atomic E-state index is -1.23. The number of carbonyl (C=O) groups is 4. The van der Waals surface area contributed by atoms with E-state index < -0.39 is 47.9 Å². The van der Waals surface area contributed by atoms with Crippen molar-refractivity contribution in [1.29, 1.82) is 0 Å². The summed E-state index contributed by atoms with van der Waals surface area (Å²) < 4.78 is 0. The number of carboxylic acid groups (broad SMARTS) is 1. The number of imidazole rings is 1. The molecule has 4 atom stereocenters. The Kier molecular flexibility index (Phi) is 10.6. The molecule has 0 spiro atoms. The lowest BCUT2D eigenvalue weighted by Crippen LogP contribution is -2.57. The van der Waals surface area contributed by atoms with Crippen LogP contribution in [0.5, 0.6) is 0 Å². The molecular weight excluding hydrogens is 422 g/mol. The minimum absolute atomic E-state index is 0.0676. The zero-order valence-corrected chi connectivity index (χ0v) is 18.0. The molecule has 0 aromatic carbocycles. The molecular formula is C18H31N9O5. The van der Waals surface area contributed by atoms with Crippen molar-refractivity contribution in [2.24, 2.45) is 22.2 Å². The van der Waals surface area contributed by atoms with Gasteiger partial charge in [-0.15, -0.1) is 0 Å². The van der Waals surface area contributed by atoms with E-state index in [1.54, 1.807) is 0 Å². The third kappa shape index (κ3) is 9.42. The molecule has 4 unspecified atom stereocenters. The molecule has 0 saturated heterocycles. The molecule has 0 saturated carbocycles. The normalized spacial score (nSPS) is 14.3. The van der Waals surface area contributed by atoms with Crippen LogP contribution in [0, 0.1) is 0 Å². The number of aromatic nitrogens is 2. The molecule has 178 valence electrons. The van der Waals surface area contributed by atoms with Gasteiger partial charge in [0.05, 0.1) is 12.4 Å². The number of H-pyrrole nitrogens is 1. The Morgan fingerprint density at radius 3 is 2.25 bits per heavy atom. The van der Waals surface area contributed by atoms with Crippen molar-refractivity contribution in [3.8, 4) is 0 Å². The fourth-order valence-electron chi connectivity index (χ4n) is 2.55. The van der Waals surface area contributed by atoms with E-state index in [-0.39, 0.29) is 25.3 Å². The van der Waals surface area contributed by atoms with Crippen LogP contribution in [0.4, 0.5) is 0 Å². The monoisotopic (exact) mass is 453 g/mol. The smallest absolute Gasteiger partial charge is 0.325 e. The number of aliphatic carboxylic acids is 1. The molecule has 14 heteroatoms. The van der Waals surface area contributed by atoms with Gasteiger partial charge in [-0.2, -0.15) is 0 Å². The standard InChI is InChI=1S/C18H31N9O5/c1-9(19)14(28)27-13(6-11-7-22-8-24-11)16(30)26-12(4-3-5-23-18(20)21)15(29)25-10(2)17(31)32/h7-10,12-13H,3-6,19H2,1-2H3,(H,22,24)(H,25,29)(H,26,30)(H,27,28)(H,31,32)(H4,20,21,23). The molecule has 0 aliphatic heterocycles. The maximum Gasteiger partial charge on any atom is 0.325 e. The van der Waals surface area contributed by atoms with Gasteiger partial charge >= 0.3 is 5.97 Å². The van der Waals surface area contributed by atoms with E-state index in [9.17, 15) is 19.2 Å². The van der Waals surface area contributed by atoms with Crippen molar-refractivity contribution in [2.45, 2.75) is 57.3 Å². The lowest BCUT2D eigenvalue weighted by molar-refractivity contribution is -0.141. The van der Waals surface area contributed by atoms with Crippen molar-refractivity contribution in [3.63, 3.8) is 0 Å². The fraction of sp³-hybridized carbons (Fsp3) is 0.556. The Bertz CT molecular complexity index is 806. The van der Waals surface area contributed by atoms with Crippen LogP contribution in [0.3, 0.4) is 0 Å². The number of nitrogens with zero attached hydrogens (tertiary/aromatic N) is 2. The Morgan fingerprint density at radius 2 is 1.72 bits per heavy atom. The molecule has 3 amide bonds. The Morgan fingerprint density at radius 1 is 1.09 bits per heavy atom. The van der Waals surface area contributed by atoms with Crippen molar-refractivity contribution in [3.05, 3.63) is 18.2 Å². The van der Waals surface area contributed by atoms with Gasteiger partial charge in [-0.3, -0.25) is 24.2 Å². The summed E-state index contributed by atoms with van der Waals surface area (Å²) in [6.45, 7) is 2.96. The highest BCUT2D eigenvalue weighted by Crippen LogP contribution is 2.04. The molecule has 0 aliphatic carbocycles. The molecule has 11 N–H and O–H groups in total. The molecule has 0 aliphatic rings. The molecule has 0 fully saturated rings.